The molecular weight excluding hydrogens is 374 g/mol. The molecule has 0 spiro atoms. The second-order valence-electron chi connectivity index (χ2n) is 6.67. The molecule has 8 heteroatoms. The number of aromatic hydroxyl groups is 1. The fraction of sp³-hybridized carbons (Fsp3) is 0.238. The highest BCUT2D eigenvalue weighted by molar-refractivity contribution is 5.92. The van der Waals surface area contributed by atoms with Crippen LogP contribution in [0.15, 0.2) is 53.3 Å². The molecule has 152 valence electrons. The highest BCUT2D eigenvalue weighted by atomic mass is 16.5. The van der Waals surface area contributed by atoms with Crippen molar-refractivity contribution in [3.05, 3.63) is 70.0 Å². The third-order valence-electron chi connectivity index (χ3n) is 4.47. The first-order chi connectivity index (χ1) is 13.9. The molecular formula is C21H23N3O5. The summed E-state index contributed by atoms with van der Waals surface area (Å²) < 4.78 is 5.66. The summed E-state index contributed by atoms with van der Waals surface area (Å²) >= 11 is 0. The Bertz CT molecular complexity index is 1050. The molecule has 8 nitrogen and oxygen atoms in total. The molecule has 1 amide bonds. The number of primary amides is 1. The highest BCUT2D eigenvalue weighted by Gasteiger charge is 2.10. The van der Waals surface area contributed by atoms with Gasteiger partial charge in [0.05, 0.1) is 5.52 Å². The summed E-state index contributed by atoms with van der Waals surface area (Å²) in [5.41, 5.74) is 6.72. The Labute approximate surface area is 166 Å². The molecule has 0 saturated heterocycles. The van der Waals surface area contributed by atoms with E-state index in [9.17, 15) is 19.8 Å². The molecule has 0 aliphatic heterocycles. The normalized spacial score (nSPS) is 12.0. The Morgan fingerprint density at radius 2 is 1.90 bits per heavy atom. The largest absolute Gasteiger partial charge is 0.506 e. The monoisotopic (exact) mass is 397 g/mol. The molecule has 0 fully saturated rings. The lowest BCUT2D eigenvalue weighted by atomic mass is 10.1. The van der Waals surface area contributed by atoms with Crippen LogP contribution in [0.5, 0.6) is 11.5 Å². The second kappa shape index (κ2) is 9.22. The zero-order valence-corrected chi connectivity index (χ0v) is 15.7. The van der Waals surface area contributed by atoms with Crippen LogP contribution in [0.25, 0.3) is 10.9 Å². The summed E-state index contributed by atoms with van der Waals surface area (Å²) in [7, 11) is 0. The van der Waals surface area contributed by atoms with E-state index in [0.29, 0.717) is 35.3 Å². The lowest BCUT2D eigenvalue weighted by molar-refractivity contribution is 0.1000. The van der Waals surface area contributed by atoms with Gasteiger partial charge in [-0.15, -0.1) is 0 Å². The Morgan fingerprint density at radius 3 is 2.62 bits per heavy atom. The van der Waals surface area contributed by atoms with Gasteiger partial charge >= 0.3 is 0 Å². The molecule has 0 aliphatic carbocycles. The number of ether oxygens (including phenoxy) is 1. The number of amides is 1. The molecule has 0 bridgehead atoms. The number of aromatic amines is 1. The first-order valence-electron chi connectivity index (χ1n) is 9.19. The van der Waals surface area contributed by atoms with Crippen LogP contribution in [0.1, 0.15) is 15.9 Å². The molecule has 1 unspecified atom stereocenters. The molecule has 0 saturated carbocycles. The quantitative estimate of drug-likeness (QED) is 0.340. The summed E-state index contributed by atoms with van der Waals surface area (Å²) in [5.74, 6) is -0.0377. The first kappa shape index (κ1) is 20.4. The van der Waals surface area contributed by atoms with Gasteiger partial charge in [0.2, 0.25) is 11.5 Å². The van der Waals surface area contributed by atoms with Crippen LogP contribution in [0.3, 0.4) is 0 Å². The van der Waals surface area contributed by atoms with E-state index in [1.807, 2.05) is 12.1 Å². The number of phenols is 1. The van der Waals surface area contributed by atoms with Crippen molar-refractivity contribution in [1.29, 1.82) is 0 Å². The number of benzene rings is 2. The summed E-state index contributed by atoms with van der Waals surface area (Å²) in [6, 6.07) is 13.0. The maximum absolute atomic E-state index is 11.4. The van der Waals surface area contributed by atoms with Crippen LogP contribution in [-0.4, -0.2) is 46.9 Å². The number of H-pyrrole nitrogens is 1. The van der Waals surface area contributed by atoms with Crippen LogP contribution in [-0.2, 0) is 6.42 Å². The molecule has 29 heavy (non-hydrogen) atoms. The van der Waals surface area contributed by atoms with Crippen LogP contribution in [0, 0.1) is 0 Å². The van der Waals surface area contributed by atoms with Gasteiger partial charge in [-0.25, -0.2) is 0 Å². The fourth-order valence-electron chi connectivity index (χ4n) is 2.92. The highest BCUT2D eigenvalue weighted by Crippen LogP contribution is 2.29. The number of nitrogens with one attached hydrogen (secondary N) is 2. The minimum atomic E-state index is -0.737. The number of carbonyl (C=O) groups is 1. The molecule has 0 radical (unpaired) electrons. The second-order valence-corrected chi connectivity index (χ2v) is 6.67. The van der Waals surface area contributed by atoms with Crippen molar-refractivity contribution in [2.45, 2.75) is 12.5 Å². The SMILES string of the molecule is NC(=O)c1ccc(CCNCC(O)COc2ccc(O)c3[nH]c(=O)ccc23)cc1. The number of pyridine rings is 1. The average molecular weight is 397 g/mol. The van der Waals surface area contributed by atoms with Crippen molar-refractivity contribution in [2.24, 2.45) is 5.73 Å². The van der Waals surface area contributed by atoms with Gasteiger partial charge in [0.25, 0.3) is 0 Å². The van der Waals surface area contributed by atoms with E-state index >= 15 is 0 Å². The molecule has 6 N–H and O–H groups in total. The van der Waals surface area contributed by atoms with Crippen molar-refractivity contribution in [3.63, 3.8) is 0 Å². The van der Waals surface area contributed by atoms with Gasteiger partial charge in [-0.2, -0.15) is 0 Å². The van der Waals surface area contributed by atoms with Crippen LogP contribution in [0.4, 0.5) is 0 Å². The van der Waals surface area contributed by atoms with Crippen molar-refractivity contribution in [2.75, 3.05) is 19.7 Å². The average Bonchev–Trinajstić information content (AvgIpc) is 2.71. The summed E-state index contributed by atoms with van der Waals surface area (Å²) in [6.45, 7) is 1.04. The van der Waals surface area contributed by atoms with Gasteiger partial charge in [-0.1, -0.05) is 12.1 Å². The van der Waals surface area contributed by atoms with Gasteiger partial charge in [0, 0.05) is 23.6 Å². The third kappa shape index (κ3) is 5.34. The number of nitrogens with two attached hydrogens (primary N) is 1. The van der Waals surface area contributed by atoms with E-state index in [-0.39, 0.29) is 17.9 Å². The minimum Gasteiger partial charge on any atom is -0.506 e. The molecule has 3 rings (SSSR count). The Hall–Kier alpha value is -3.36. The summed E-state index contributed by atoms with van der Waals surface area (Å²) in [5, 5.41) is 23.7. The summed E-state index contributed by atoms with van der Waals surface area (Å²) in [6.07, 6.45) is 0.00150. The predicted molar refractivity (Wildman–Crippen MR) is 109 cm³/mol. The van der Waals surface area contributed by atoms with Gasteiger partial charge < -0.3 is 31.0 Å². The topological polar surface area (TPSA) is 138 Å². The number of hydrogen-bond acceptors (Lipinski definition) is 6. The van der Waals surface area contributed by atoms with Crippen molar-refractivity contribution < 1.29 is 19.7 Å². The fourth-order valence-corrected chi connectivity index (χ4v) is 2.92. The number of carbonyl (C=O) groups excluding carboxylic acids is 1. The maximum Gasteiger partial charge on any atom is 0.248 e. The van der Waals surface area contributed by atoms with Gasteiger partial charge in [0.1, 0.15) is 24.2 Å². The molecule has 1 heterocycles. The van der Waals surface area contributed by atoms with Crippen LogP contribution < -0.4 is 21.3 Å². The minimum absolute atomic E-state index is 0.0453. The Kier molecular flexibility index (Phi) is 6.48. The lowest BCUT2D eigenvalue weighted by Crippen LogP contribution is -2.32. The molecule has 1 atom stereocenters. The van der Waals surface area contributed by atoms with Crippen molar-refractivity contribution in [1.82, 2.24) is 10.3 Å². The van der Waals surface area contributed by atoms with E-state index < -0.39 is 12.0 Å². The molecule has 1 aromatic heterocycles. The number of phenolic OH excluding ortho intramolecular Hbond substituents is 1. The zero-order chi connectivity index (χ0) is 20.8. The van der Waals surface area contributed by atoms with Gasteiger partial charge in [0.15, 0.2) is 0 Å². The molecule has 3 aromatic rings. The van der Waals surface area contributed by atoms with E-state index in [1.54, 1.807) is 24.3 Å². The lowest BCUT2D eigenvalue weighted by Gasteiger charge is -2.15. The number of fused-ring (bicyclic) bond motifs is 1. The zero-order valence-electron chi connectivity index (χ0n) is 15.7. The summed E-state index contributed by atoms with van der Waals surface area (Å²) in [4.78, 5) is 25.1. The maximum atomic E-state index is 11.4. The number of aliphatic hydroxyl groups is 1. The van der Waals surface area contributed by atoms with E-state index in [4.69, 9.17) is 10.5 Å². The molecule has 0 aliphatic rings. The van der Waals surface area contributed by atoms with Crippen LogP contribution >= 0.6 is 0 Å². The van der Waals surface area contributed by atoms with E-state index in [2.05, 4.69) is 10.3 Å². The van der Waals surface area contributed by atoms with E-state index in [1.165, 1.54) is 12.1 Å². The van der Waals surface area contributed by atoms with Crippen molar-refractivity contribution >= 4 is 16.8 Å². The number of aliphatic hydroxyl groups excluding tert-OH is 1. The van der Waals surface area contributed by atoms with Gasteiger partial charge in [-0.3, -0.25) is 9.59 Å². The standard InChI is InChI=1S/C21H23N3O5/c22-21(28)14-3-1-13(2-4-14)9-10-23-11-15(25)12-29-18-7-6-17(26)20-16(18)5-8-19(27)24-20/h1-8,15,23,25-26H,9-12H2,(H2,22,28)(H,24,27). The van der Waals surface area contributed by atoms with Crippen LogP contribution in [0.2, 0.25) is 0 Å². The Morgan fingerprint density at radius 1 is 1.14 bits per heavy atom. The van der Waals surface area contributed by atoms with Crippen molar-refractivity contribution in [3.8, 4) is 11.5 Å². The number of aromatic nitrogens is 1. The number of rotatable bonds is 9. The van der Waals surface area contributed by atoms with Gasteiger partial charge in [-0.05, 0) is 48.9 Å². The first-order valence-corrected chi connectivity index (χ1v) is 9.19. The Balaban J connectivity index is 1.46. The molecule has 2 aromatic carbocycles. The predicted octanol–water partition coefficient (Wildman–Crippen LogP) is 0.905. The van der Waals surface area contributed by atoms with E-state index in [0.717, 1.165) is 12.0 Å². The number of hydrogen-bond donors (Lipinski definition) is 5. The smallest absolute Gasteiger partial charge is 0.248 e. The third-order valence-corrected chi connectivity index (χ3v) is 4.47.